The summed E-state index contributed by atoms with van der Waals surface area (Å²) in [5.41, 5.74) is 2.68. The Morgan fingerprint density at radius 2 is 1.81 bits per heavy atom. The van der Waals surface area contributed by atoms with Gasteiger partial charge in [-0.15, -0.1) is 0 Å². The van der Waals surface area contributed by atoms with Gasteiger partial charge in [-0.2, -0.15) is 0 Å². The van der Waals surface area contributed by atoms with Gasteiger partial charge >= 0.3 is 0 Å². The van der Waals surface area contributed by atoms with Crippen molar-refractivity contribution in [2.45, 2.75) is 13.5 Å². The van der Waals surface area contributed by atoms with Crippen molar-refractivity contribution >= 4 is 5.91 Å². The molecule has 0 saturated heterocycles. The first-order valence-electron chi connectivity index (χ1n) is 9.07. The number of furan rings is 1. The number of ether oxygens (including phenoxy) is 2. The van der Waals surface area contributed by atoms with E-state index in [1.165, 1.54) is 0 Å². The van der Waals surface area contributed by atoms with E-state index in [2.05, 4.69) is 0 Å². The lowest BCUT2D eigenvalue weighted by Gasteiger charge is -2.25. The van der Waals surface area contributed by atoms with Crippen molar-refractivity contribution < 1.29 is 18.7 Å². The fraction of sp³-hybridized carbons (Fsp3) is 0.227. The molecule has 0 fully saturated rings. The molecule has 5 heteroatoms. The van der Waals surface area contributed by atoms with Crippen LogP contribution in [-0.2, 0) is 6.54 Å². The van der Waals surface area contributed by atoms with Gasteiger partial charge in [0.25, 0.3) is 5.91 Å². The molecule has 0 bridgehead atoms. The van der Waals surface area contributed by atoms with Crippen molar-refractivity contribution in [2.75, 3.05) is 19.8 Å². The van der Waals surface area contributed by atoms with E-state index in [0.29, 0.717) is 32.1 Å². The maximum Gasteiger partial charge on any atom is 0.290 e. The number of amides is 1. The second-order valence-corrected chi connectivity index (χ2v) is 6.29. The van der Waals surface area contributed by atoms with Crippen molar-refractivity contribution in [1.29, 1.82) is 0 Å². The Bertz CT molecular complexity index is 932. The van der Waals surface area contributed by atoms with Gasteiger partial charge in [-0.1, -0.05) is 42.5 Å². The van der Waals surface area contributed by atoms with Crippen LogP contribution in [0, 0.1) is 0 Å². The van der Waals surface area contributed by atoms with E-state index in [-0.39, 0.29) is 5.91 Å². The highest BCUT2D eigenvalue weighted by molar-refractivity contribution is 5.98. The van der Waals surface area contributed by atoms with Crippen LogP contribution < -0.4 is 9.47 Å². The first-order valence-corrected chi connectivity index (χ1v) is 9.07. The molecule has 0 unspecified atom stereocenters. The summed E-state index contributed by atoms with van der Waals surface area (Å²) in [4.78, 5) is 14.9. The molecule has 0 radical (unpaired) electrons. The molecule has 1 amide bonds. The van der Waals surface area contributed by atoms with Crippen molar-refractivity contribution in [2.24, 2.45) is 0 Å². The van der Waals surface area contributed by atoms with Crippen LogP contribution in [0.1, 0.15) is 23.0 Å². The number of nitrogens with zero attached hydrogens (tertiary/aromatic N) is 1. The quantitative estimate of drug-likeness (QED) is 0.675. The summed E-state index contributed by atoms with van der Waals surface area (Å²) < 4.78 is 17.0. The second kappa shape index (κ2) is 7.58. The van der Waals surface area contributed by atoms with Crippen molar-refractivity contribution in [3.05, 3.63) is 72.2 Å². The molecule has 0 saturated carbocycles. The molecule has 0 atom stereocenters. The summed E-state index contributed by atoms with van der Waals surface area (Å²) in [7, 11) is 0. The number of hydrogen-bond donors (Lipinski definition) is 0. The van der Waals surface area contributed by atoms with Crippen LogP contribution in [-0.4, -0.2) is 30.6 Å². The molecule has 4 rings (SSSR count). The first kappa shape index (κ1) is 17.2. The molecular formula is C22H21NO4. The lowest BCUT2D eigenvalue weighted by Crippen LogP contribution is -2.31. The molecule has 3 aromatic rings. The minimum absolute atomic E-state index is 0.143. The van der Waals surface area contributed by atoms with Crippen LogP contribution in [0.25, 0.3) is 11.1 Å². The Kier molecular flexibility index (Phi) is 4.83. The van der Waals surface area contributed by atoms with Gasteiger partial charge in [0.2, 0.25) is 0 Å². The zero-order valence-electron chi connectivity index (χ0n) is 15.2. The number of fused-ring (bicyclic) bond motifs is 1. The summed E-state index contributed by atoms with van der Waals surface area (Å²) in [6.45, 7) is 3.99. The third-order valence-electron chi connectivity index (χ3n) is 4.62. The van der Waals surface area contributed by atoms with Crippen LogP contribution in [0.15, 0.2) is 65.3 Å². The van der Waals surface area contributed by atoms with Crippen LogP contribution in [0.3, 0.4) is 0 Å². The lowest BCUT2D eigenvalue weighted by molar-refractivity contribution is 0.0718. The predicted molar refractivity (Wildman–Crippen MR) is 102 cm³/mol. The maximum absolute atomic E-state index is 13.2. The Labute approximate surface area is 158 Å². The van der Waals surface area contributed by atoms with E-state index in [4.69, 9.17) is 13.9 Å². The van der Waals surface area contributed by atoms with Gasteiger partial charge in [-0.25, -0.2) is 0 Å². The fourth-order valence-electron chi connectivity index (χ4n) is 3.25. The molecule has 2 heterocycles. The summed E-state index contributed by atoms with van der Waals surface area (Å²) in [5, 5.41) is 0. The Hall–Kier alpha value is -3.21. The van der Waals surface area contributed by atoms with Crippen LogP contribution >= 0.6 is 0 Å². The molecule has 1 aliphatic rings. The van der Waals surface area contributed by atoms with Crippen LogP contribution in [0.2, 0.25) is 0 Å². The molecule has 27 heavy (non-hydrogen) atoms. The standard InChI is InChI=1S/C22H21NO4/c1-2-23(15-17-9-6-10-19-20(17)27-14-13-25-19)22(24)21-18(11-12-26-21)16-7-4-3-5-8-16/h3-12H,2,13-15H2,1H3. The molecule has 5 nitrogen and oxygen atoms in total. The Balaban J connectivity index is 1.61. The summed E-state index contributed by atoms with van der Waals surface area (Å²) >= 11 is 0. The summed E-state index contributed by atoms with van der Waals surface area (Å²) in [6, 6.07) is 17.4. The minimum atomic E-state index is -0.143. The Morgan fingerprint density at radius 1 is 1.00 bits per heavy atom. The fourth-order valence-corrected chi connectivity index (χ4v) is 3.25. The molecule has 1 aromatic heterocycles. The monoisotopic (exact) mass is 363 g/mol. The van der Waals surface area contributed by atoms with E-state index in [1.807, 2.05) is 61.5 Å². The zero-order chi connectivity index (χ0) is 18.6. The van der Waals surface area contributed by atoms with Gasteiger partial charge in [0, 0.05) is 24.2 Å². The van der Waals surface area contributed by atoms with E-state index >= 15 is 0 Å². The topological polar surface area (TPSA) is 51.9 Å². The smallest absolute Gasteiger partial charge is 0.290 e. The molecule has 0 spiro atoms. The van der Waals surface area contributed by atoms with E-state index < -0.39 is 0 Å². The summed E-state index contributed by atoms with van der Waals surface area (Å²) in [5.74, 6) is 1.66. The SMILES string of the molecule is CCN(Cc1cccc2c1OCCO2)C(=O)c1occc1-c1ccccc1. The normalized spacial score (nSPS) is 12.6. The molecule has 138 valence electrons. The number of benzene rings is 2. The minimum Gasteiger partial charge on any atom is -0.486 e. The van der Waals surface area contributed by atoms with E-state index in [0.717, 1.165) is 28.2 Å². The van der Waals surface area contributed by atoms with Gasteiger partial charge in [0.1, 0.15) is 13.2 Å². The summed E-state index contributed by atoms with van der Waals surface area (Å²) in [6.07, 6.45) is 1.56. The molecule has 0 aliphatic carbocycles. The maximum atomic E-state index is 13.2. The van der Waals surface area contributed by atoms with E-state index in [1.54, 1.807) is 11.2 Å². The highest BCUT2D eigenvalue weighted by Crippen LogP contribution is 2.35. The van der Waals surface area contributed by atoms with Gasteiger partial charge in [0.05, 0.1) is 6.26 Å². The zero-order valence-corrected chi connectivity index (χ0v) is 15.2. The largest absolute Gasteiger partial charge is 0.486 e. The second-order valence-electron chi connectivity index (χ2n) is 6.29. The average molecular weight is 363 g/mol. The highest BCUT2D eigenvalue weighted by atomic mass is 16.6. The van der Waals surface area contributed by atoms with Gasteiger partial charge < -0.3 is 18.8 Å². The lowest BCUT2D eigenvalue weighted by atomic mass is 10.1. The van der Waals surface area contributed by atoms with Crippen LogP contribution in [0.4, 0.5) is 0 Å². The molecule has 2 aromatic carbocycles. The number of carbonyl (C=O) groups is 1. The molecule has 1 aliphatic heterocycles. The third-order valence-corrected chi connectivity index (χ3v) is 4.62. The number of carbonyl (C=O) groups excluding carboxylic acids is 1. The van der Waals surface area contributed by atoms with E-state index in [9.17, 15) is 4.79 Å². The van der Waals surface area contributed by atoms with Gasteiger partial charge in [-0.05, 0) is 24.6 Å². The Morgan fingerprint density at radius 3 is 2.63 bits per heavy atom. The van der Waals surface area contributed by atoms with Crippen molar-refractivity contribution in [3.63, 3.8) is 0 Å². The van der Waals surface area contributed by atoms with Crippen molar-refractivity contribution in [3.8, 4) is 22.6 Å². The van der Waals surface area contributed by atoms with Gasteiger partial charge in [-0.3, -0.25) is 4.79 Å². The van der Waals surface area contributed by atoms with Gasteiger partial charge in [0.15, 0.2) is 17.3 Å². The predicted octanol–water partition coefficient (Wildman–Crippen LogP) is 4.38. The van der Waals surface area contributed by atoms with Crippen molar-refractivity contribution in [1.82, 2.24) is 4.90 Å². The molecule has 0 N–H and O–H groups in total. The first-order chi connectivity index (χ1) is 13.3. The third kappa shape index (κ3) is 3.40. The highest BCUT2D eigenvalue weighted by Gasteiger charge is 2.24. The average Bonchev–Trinajstić information content (AvgIpc) is 3.22. The number of hydrogen-bond acceptors (Lipinski definition) is 4. The number of para-hydroxylation sites is 1. The van der Waals surface area contributed by atoms with Crippen LogP contribution in [0.5, 0.6) is 11.5 Å². The molecular weight excluding hydrogens is 342 g/mol. The number of rotatable bonds is 5.